The van der Waals surface area contributed by atoms with Crippen LogP contribution < -0.4 is 5.32 Å². The number of rotatable bonds is 8. The maximum absolute atomic E-state index is 12.6. The fourth-order valence-electron chi connectivity index (χ4n) is 3.84. The Balaban J connectivity index is 1.26. The van der Waals surface area contributed by atoms with Gasteiger partial charge < -0.3 is 14.7 Å². The summed E-state index contributed by atoms with van der Waals surface area (Å²) in [4.78, 5) is 40.0. The number of aromatic nitrogens is 1. The van der Waals surface area contributed by atoms with Gasteiger partial charge in [0.05, 0.1) is 0 Å². The van der Waals surface area contributed by atoms with Crippen LogP contribution in [-0.2, 0) is 16.0 Å². The molecular formula is C22H26N4O4. The molecule has 8 nitrogen and oxygen atoms in total. The van der Waals surface area contributed by atoms with E-state index in [2.05, 4.69) is 10.5 Å². The SMILES string of the molecule is CN(CCCc1cc(-c2ccccc2)no1)C(=O)CN1C(=O)NC(C)(C2CC2)C1=O. The number of likely N-dealkylation sites (N-methyl/N-ethyl adjacent to an activating group) is 1. The summed E-state index contributed by atoms with van der Waals surface area (Å²) in [5, 5.41) is 6.86. The van der Waals surface area contributed by atoms with Crippen LogP contribution in [0.5, 0.6) is 0 Å². The highest BCUT2D eigenvalue weighted by atomic mass is 16.5. The van der Waals surface area contributed by atoms with Crippen LogP contribution in [-0.4, -0.2) is 58.5 Å². The molecule has 0 radical (unpaired) electrons. The van der Waals surface area contributed by atoms with E-state index in [1.54, 1.807) is 18.9 Å². The van der Waals surface area contributed by atoms with Crippen LogP contribution >= 0.6 is 0 Å². The van der Waals surface area contributed by atoms with Gasteiger partial charge in [0.1, 0.15) is 23.5 Å². The van der Waals surface area contributed by atoms with E-state index >= 15 is 0 Å². The van der Waals surface area contributed by atoms with Crippen LogP contribution in [0.15, 0.2) is 40.9 Å². The topological polar surface area (TPSA) is 95.8 Å². The molecule has 1 unspecified atom stereocenters. The number of carbonyl (C=O) groups is 3. The van der Waals surface area contributed by atoms with Gasteiger partial charge >= 0.3 is 6.03 Å². The molecule has 4 rings (SSSR count). The average Bonchev–Trinajstić information content (AvgIpc) is 3.46. The molecule has 1 aliphatic carbocycles. The highest BCUT2D eigenvalue weighted by Crippen LogP contribution is 2.42. The molecule has 1 aromatic heterocycles. The molecule has 8 heteroatoms. The second-order valence-electron chi connectivity index (χ2n) is 8.26. The number of benzene rings is 1. The van der Waals surface area contributed by atoms with E-state index in [4.69, 9.17) is 4.52 Å². The smallest absolute Gasteiger partial charge is 0.325 e. The average molecular weight is 410 g/mol. The minimum atomic E-state index is -0.862. The normalized spacial score (nSPS) is 21.1. The summed E-state index contributed by atoms with van der Waals surface area (Å²) in [6.45, 7) is 2.01. The Morgan fingerprint density at radius 1 is 1.30 bits per heavy atom. The van der Waals surface area contributed by atoms with Crippen LogP contribution in [0.4, 0.5) is 4.79 Å². The first kappa shape index (κ1) is 20.1. The van der Waals surface area contributed by atoms with Crippen LogP contribution in [0, 0.1) is 5.92 Å². The predicted molar refractivity (Wildman–Crippen MR) is 109 cm³/mol. The zero-order chi connectivity index (χ0) is 21.3. The van der Waals surface area contributed by atoms with Crippen molar-refractivity contribution in [2.45, 2.75) is 38.1 Å². The molecule has 0 bridgehead atoms. The quantitative estimate of drug-likeness (QED) is 0.675. The van der Waals surface area contributed by atoms with Gasteiger partial charge in [-0.05, 0) is 32.1 Å². The standard InChI is InChI=1S/C22H26N4O4/c1-22(16-10-11-16)20(28)26(21(29)23-22)14-19(27)25(2)12-6-9-17-13-18(24-30-17)15-7-4-3-5-8-15/h3-5,7-8,13,16H,6,9-12,14H2,1-2H3,(H,23,29). The molecule has 30 heavy (non-hydrogen) atoms. The maximum Gasteiger partial charge on any atom is 0.325 e. The minimum Gasteiger partial charge on any atom is -0.361 e. The van der Waals surface area contributed by atoms with Crippen molar-refractivity contribution in [1.29, 1.82) is 0 Å². The summed E-state index contributed by atoms with van der Waals surface area (Å²) in [6, 6.07) is 11.2. The van der Waals surface area contributed by atoms with Crippen molar-refractivity contribution >= 4 is 17.8 Å². The second kappa shape index (κ2) is 7.93. The zero-order valence-corrected chi connectivity index (χ0v) is 17.3. The molecule has 2 heterocycles. The fourth-order valence-corrected chi connectivity index (χ4v) is 3.84. The monoisotopic (exact) mass is 410 g/mol. The number of urea groups is 1. The number of amides is 4. The molecule has 2 aliphatic rings. The van der Waals surface area contributed by atoms with Gasteiger partial charge in [0.15, 0.2) is 0 Å². The Morgan fingerprint density at radius 3 is 2.73 bits per heavy atom. The summed E-state index contributed by atoms with van der Waals surface area (Å²) < 4.78 is 5.39. The summed E-state index contributed by atoms with van der Waals surface area (Å²) >= 11 is 0. The number of hydrogen-bond acceptors (Lipinski definition) is 5. The van der Waals surface area contributed by atoms with Gasteiger partial charge in [0.2, 0.25) is 5.91 Å². The Morgan fingerprint density at radius 2 is 2.03 bits per heavy atom. The van der Waals surface area contributed by atoms with Gasteiger partial charge in [-0.1, -0.05) is 35.5 Å². The summed E-state index contributed by atoms with van der Waals surface area (Å²) in [5.74, 6) is 0.367. The Bertz CT molecular complexity index is 953. The number of nitrogens with one attached hydrogen (secondary N) is 1. The number of nitrogens with zero attached hydrogens (tertiary/aromatic N) is 3. The largest absolute Gasteiger partial charge is 0.361 e. The number of aryl methyl sites for hydroxylation is 1. The first-order valence-electron chi connectivity index (χ1n) is 10.3. The van der Waals surface area contributed by atoms with Crippen LogP contribution in [0.25, 0.3) is 11.3 Å². The number of hydrogen-bond donors (Lipinski definition) is 1. The number of imide groups is 1. The van der Waals surface area contributed by atoms with Crippen molar-refractivity contribution in [3.63, 3.8) is 0 Å². The van der Waals surface area contributed by atoms with Gasteiger partial charge in [-0.2, -0.15) is 0 Å². The zero-order valence-electron chi connectivity index (χ0n) is 17.3. The second-order valence-corrected chi connectivity index (χ2v) is 8.26. The molecule has 2 aromatic rings. The molecule has 1 aromatic carbocycles. The number of carbonyl (C=O) groups excluding carboxylic acids is 3. The molecule has 0 spiro atoms. The molecule has 4 amide bonds. The van der Waals surface area contributed by atoms with Crippen molar-refractivity contribution in [3.8, 4) is 11.3 Å². The molecule has 1 saturated carbocycles. The van der Waals surface area contributed by atoms with Gasteiger partial charge in [-0.25, -0.2) is 4.79 Å². The minimum absolute atomic E-state index is 0.175. The molecule has 1 atom stereocenters. The lowest BCUT2D eigenvalue weighted by molar-refractivity contribution is -0.138. The van der Waals surface area contributed by atoms with Gasteiger partial charge in [-0.15, -0.1) is 0 Å². The first-order valence-corrected chi connectivity index (χ1v) is 10.3. The van der Waals surface area contributed by atoms with E-state index in [-0.39, 0.29) is 24.3 Å². The van der Waals surface area contributed by atoms with Gasteiger partial charge in [0, 0.05) is 31.6 Å². The van der Waals surface area contributed by atoms with E-state index in [1.165, 1.54) is 0 Å². The van der Waals surface area contributed by atoms with Crippen molar-refractivity contribution in [1.82, 2.24) is 20.3 Å². The summed E-state index contributed by atoms with van der Waals surface area (Å²) in [6.07, 6.45) is 3.18. The summed E-state index contributed by atoms with van der Waals surface area (Å²) in [7, 11) is 1.68. The molecule has 1 aliphatic heterocycles. The van der Waals surface area contributed by atoms with Crippen LogP contribution in [0.3, 0.4) is 0 Å². The Hall–Kier alpha value is -3.16. The van der Waals surface area contributed by atoms with Crippen molar-refractivity contribution in [3.05, 3.63) is 42.2 Å². The predicted octanol–water partition coefficient (Wildman–Crippen LogP) is 2.45. The summed E-state index contributed by atoms with van der Waals surface area (Å²) in [5.41, 5.74) is 0.914. The molecule has 158 valence electrons. The van der Waals surface area contributed by atoms with E-state index in [9.17, 15) is 14.4 Å². The van der Waals surface area contributed by atoms with Gasteiger partial charge in [-0.3, -0.25) is 14.5 Å². The Kier molecular flexibility index (Phi) is 5.32. The lowest BCUT2D eigenvalue weighted by atomic mass is 9.96. The third kappa shape index (κ3) is 3.94. The highest BCUT2D eigenvalue weighted by molar-refractivity contribution is 6.09. The van der Waals surface area contributed by atoms with Gasteiger partial charge in [0.25, 0.3) is 5.91 Å². The molecule has 2 fully saturated rings. The first-order chi connectivity index (χ1) is 14.4. The lowest BCUT2D eigenvalue weighted by Gasteiger charge is -2.22. The van der Waals surface area contributed by atoms with E-state index in [0.29, 0.717) is 19.4 Å². The van der Waals surface area contributed by atoms with Crippen molar-refractivity contribution < 1.29 is 18.9 Å². The van der Waals surface area contributed by atoms with Crippen molar-refractivity contribution in [2.75, 3.05) is 20.1 Å². The van der Waals surface area contributed by atoms with E-state index in [1.807, 2.05) is 36.4 Å². The van der Waals surface area contributed by atoms with E-state index in [0.717, 1.165) is 34.8 Å². The molecule has 1 N–H and O–H groups in total. The lowest BCUT2D eigenvalue weighted by Crippen LogP contribution is -2.47. The Labute approximate surface area is 175 Å². The van der Waals surface area contributed by atoms with E-state index < -0.39 is 11.6 Å². The van der Waals surface area contributed by atoms with Crippen molar-refractivity contribution in [2.24, 2.45) is 5.92 Å². The molecular weight excluding hydrogens is 384 g/mol. The fraction of sp³-hybridized carbons (Fsp3) is 0.455. The third-order valence-electron chi connectivity index (χ3n) is 5.96. The molecule has 1 saturated heterocycles. The highest BCUT2D eigenvalue weighted by Gasteiger charge is 2.56. The van der Waals surface area contributed by atoms with Crippen LogP contribution in [0.1, 0.15) is 31.9 Å². The van der Waals surface area contributed by atoms with Crippen LogP contribution in [0.2, 0.25) is 0 Å². The maximum atomic E-state index is 12.6. The third-order valence-corrected chi connectivity index (χ3v) is 5.96.